The molecule has 0 rings (SSSR count). The summed E-state index contributed by atoms with van der Waals surface area (Å²) in [6, 6.07) is 0. The van der Waals surface area contributed by atoms with E-state index in [-0.39, 0.29) is 38.6 Å². The number of carbonyl (C=O) groups excluding carboxylic acids is 2. The van der Waals surface area contributed by atoms with Gasteiger partial charge in [0.05, 0.1) is 13.2 Å². The highest BCUT2D eigenvalue weighted by Gasteiger charge is 2.26. The average Bonchev–Trinajstić information content (AvgIpc) is 2.17. The molecule has 0 aliphatic carbocycles. The van der Waals surface area contributed by atoms with Crippen molar-refractivity contribution in [3.63, 3.8) is 0 Å². The van der Waals surface area contributed by atoms with E-state index in [1.807, 2.05) is 0 Å². The van der Waals surface area contributed by atoms with E-state index in [0.29, 0.717) is 6.42 Å². The van der Waals surface area contributed by atoms with Crippen molar-refractivity contribution in [3.8, 4) is 0 Å². The molecule has 97 heavy (non-hydrogen) atoms. The lowest BCUT2D eigenvalue weighted by Crippen LogP contribution is -2.29. The molecule has 0 radical (unpaired) electrons. The van der Waals surface area contributed by atoms with Gasteiger partial charge in [-0.2, -0.15) is 0 Å². The molecule has 0 bridgehead atoms. The van der Waals surface area contributed by atoms with Crippen molar-refractivity contribution in [1.29, 1.82) is 0 Å². The van der Waals surface area contributed by atoms with Crippen molar-refractivity contribution in [3.05, 3.63) is 134 Å². The Morgan fingerprint density at radius 3 is 0.845 bits per heavy atom. The van der Waals surface area contributed by atoms with Crippen LogP contribution in [0.5, 0.6) is 0 Å². The van der Waals surface area contributed by atoms with Crippen LogP contribution in [-0.4, -0.2) is 49.3 Å². The molecule has 10 heteroatoms. The van der Waals surface area contributed by atoms with E-state index in [2.05, 4.69) is 148 Å². The quantitative estimate of drug-likeness (QED) is 0.0264. The van der Waals surface area contributed by atoms with Crippen molar-refractivity contribution in [2.45, 2.75) is 380 Å². The van der Waals surface area contributed by atoms with Crippen LogP contribution in [0, 0.1) is 0 Å². The lowest BCUT2D eigenvalue weighted by Gasteiger charge is -2.19. The summed E-state index contributed by atoms with van der Waals surface area (Å²) < 4.78 is 33.3. The summed E-state index contributed by atoms with van der Waals surface area (Å²) in [6.07, 6.45) is 116. The Labute approximate surface area is 599 Å². The maximum Gasteiger partial charge on any atom is 0.472 e. The van der Waals surface area contributed by atoms with Gasteiger partial charge in [-0.1, -0.05) is 379 Å². The third-order valence-electron chi connectivity index (χ3n) is 17.5. The van der Waals surface area contributed by atoms with Crippen molar-refractivity contribution in [1.82, 2.24) is 0 Å². The summed E-state index contributed by atoms with van der Waals surface area (Å²) in [5.41, 5.74) is 5.42. The Morgan fingerprint density at radius 2 is 0.567 bits per heavy atom. The smallest absolute Gasteiger partial charge is 0.462 e. The van der Waals surface area contributed by atoms with Gasteiger partial charge in [-0.3, -0.25) is 18.6 Å². The van der Waals surface area contributed by atoms with Gasteiger partial charge in [0.15, 0.2) is 6.10 Å². The fourth-order valence-electron chi connectivity index (χ4n) is 11.5. The highest BCUT2D eigenvalue weighted by molar-refractivity contribution is 7.47. The second-order valence-corrected chi connectivity index (χ2v) is 28.4. The number of rotatable bonds is 76. The Balaban J connectivity index is 3.82. The van der Waals surface area contributed by atoms with E-state index < -0.39 is 26.5 Å². The molecule has 0 aromatic heterocycles. The number of nitrogens with two attached hydrogens (primary N) is 1. The zero-order valence-corrected chi connectivity index (χ0v) is 63.9. The molecule has 0 aliphatic heterocycles. The summed E-state index contributed by atoms with van der Waals surface area (Å²) in [4.78, 5) is 35.5. The number of ether oxygens (including phenoxy) is 2. The SMILES string of the molecule is CC/C=C\C/C=C\C/C=C\C/C=C\C/C=C\C/C=C\C/C=C\C/C=C\CCCCCCCCCCCCCCC(=O)OC(COC(=O)CCCCCCCCCCCCCCCCCCCCCCCCCC/C=C\C/C=C\C/C=C\CCCCCCC)COP(=O)(O)OCCN. The second-order valence-electron chi connectivity index (χ2n) is 26.9. The normalized spacial score (nSPS) is 13.6. The van der Waals surface area contributed by atoms with Gasteiger partial charge in [0.2, 0.25) is 0 Å². The molecule has 0 aromatic rings. The minimum Gasteiger partial charge on any atom is -0.462 e. The van der Waals surface area contributed by atoms with Gasteiger partial charge in [0, 0.05) is 19.4 Å². The Morgan fingerprint density at radius 1 is 0.320 bits per heavy atom. The van der Waals surface area contributed by atoms with E-state index in [0.717, 1.165) is 103 Å². The van der Waals surface area contributed by atoms with Crippen molar-refractivity contribution < 1.29 is 37.6 Å². The number of hydrogen-bond acceptors (Lipinski definition) is 8. The van der Waals surface area contributed by atoms with Crippen LogP contribution in [0.2, 0.25) is 0 Å². The number of hydrogen-bond donors (Lipinski definition) is 2. The number of phosphoric acid groups is 1. The maximum absolute atomic E-state index is 12.8. The zero-order valence-electron chi connectivity index (χ0n) is 63.0. The van der Waals surface area contributed by atoms with Crippen LogP contribution in [0.1, 0.15) is 373 Å². The van der Waals surface area contributed by atoms with Crippen LogP contribution in [-0.2, 0) is 32.7 Å². The molecule has 0 heterocycles. The molecule has 0 aromatic carbocycles. The summed E-state index contributed by atoms with van der Waals surface area (Å²) in [7, 11) is -4.40. The Kier molecular flexibility index (Phi) is 77.9. The summed E-state index contributed by atoms with van der Waals surface area (Å²) in [5.74, 6) is -0.820. The number of unbranched alkanes of at least 4 members (excludes halogenated alkanes) is 41. The molecular weight excluding hydrogens is 1220 g/mol. The molecule has 3 N–H and O–H groups in total. The predicted octanol–water partition coefficient (Wildman–Crippen LogP) is 27.5. The van der Waals surface area contributed by atoms with Gasteiger partial charge in [-0.15, -0.1) is 0 Å². The molecule has 2 atom stereocenters. The van der Waals surface area contributed by atoms with Crippen molar-refractivity contribution in [2.24, 2.45) is 5.73 Å². The van der Waals surface area contributed by atoms with Crippen LogP contribution in [0.4, 0.5) is 0 Å². The van der Waals surface area contributed by atoms with E-state index in [9.17, 15) is 19.0 Å². The molecule has 0 amide bonds. The largest absolute Gasteiger partial charge is 0.472 e. The first kappa shape index (κ1) is 93.2. The molecule has 2 unspecified atom stereocenters. The zero-order chi connectivity index (χ0) is 70.0. The Hall–Kier alpha value is -3.85. The van der Waals surface area contributed by atoms with E-state index in [1.54, 1.807) is 0 Å². The van der Waals surface area contributed by atoms with Gasteiger partial charge in [0.25, 0.3) is 0 Å². The average molecular weight is 1370 g/mol. The van der Waals surface area contributed by atoms with Gasteiger partial charge in [-0.05, 0) is 116 Å². The minimum atomic E-state index is -4.40. The topological polar surface area (TPSA) is 134 Å². The van der Waals surface area contributed by atoms with E-state index in [1.165, 1.54) is 238 Å². The van der Waals surface area contributed by atoms with Crippen LogP contribution < -0.4 is 5.73 Å². The number of phosphoric ester groups is 1. The lowest BCUT2D eigenvalue weighted by molar-refractivity contribution is -0.161. The summed E-state index contributed by atoms with van der Waals surface area (Å²) >= 11 is 0. The van der Waals surface area contributed by atoms with Crippen LogP contribution in [0.25, 0.3) is 0 Å². The minimum absolute atomic E-state index is 0.0498. The third-order valence-corrected chi connectivity index (χ3v) is 18.5. The van der Waals surface area contributed by atoms with Crippen LogP contribution in [0.3, 0.4) is 0 Å². The first-order valence-electron chi connectivity index (χ1n) is 40.7. The standard InChI is InChI=1S/C87H152NO8P/c1-3-5-7-9-11-13-15-17-19-21-23-25-27-29-31-33-35-37-39-41-42-44-45-47-49-51-53-55-57-59-61-63-65-67-69-71-73-75-77-79-86(89)93-83-85(84-95-97(91,92)94-82-81-88)96-87(90)80-78-76-74-72-70-68-66-64-62-60-58-56-54-52-50-48-46-43-40-38-36-34-32-30-28-26-24-22-20-18-16-14-12-10-8-6-4-2/h6,8,12,14-15,17-18,20-21,23-24,26-27,29-30,32,36,38,43,46,50,52,85H,3-5,7,9-11,13,16,19,22,25,28,31,33-35,37,39-42,44-45,47-49,51,53-84,88H2,1-2H3,(H,91,92)/b8-6-,14-12-,17-15-,20-18-,23-21-,26-24-,29-27-,32-30-,38-36-,46-43-,52-50-. The second kappa shape index (κ2) is 81.1. The van der Waals surface area contributed by atoms with E-state index >= 15 is 0 Å². The highest BCUT2D eigenvalue weighted by Crippen LogP contribution is 2.43. The van der Waals surface area contributed by atoms with Crippen LogP contribution >= 0.6 is 7.82 Å². The molecule has 0 saturated heterocycles. The molecule has 0 aliphatic rings. The number of allylic oxidation sites excluding steroid dienone is 22. The van der Waals surface area contributed by atoms with Gasteiger partial charge in [0.1, 0.15) is 6.61 Å². The highest BCUT2D eigenvalue weighted by atomic mass is 31.2. The molecule has 0 fully saturated rings. The number of esters is 2. The molecular formula is C87H152NO8P. The lowest BCUT2D eigenvalue weighted by atomic mass is 10.0. The molecule has 9 nitrogen and oxygen atoms in total. The summed E-state index contributed by atoms with van der Waals surface area (Å²) in [6.45, 7) is 3.65. The molecule has 0 saturated carbocycles. The van der Waals surface area contributed by atoms with Gasteiger partial charge >= 0.3 is 19.8 Å². The Bertz CT molecular complexity index is 2060. The van der Waals surface area contributed by atoms with Crippen molar-refractivity contribution >= 4 is 19.8 Å². The first-order chi connectivity index (χ1) is 47.8. The monoisotopic (exact) mass is 1370 g/mol. The fourth-order valence-corrected chi connectivity index (χ4v) is 12.3. The molecule has 558 valence electrons. The third kappa shape index (κ3) is 81.0. The first-order valence-corrected chi connectivity index (χ1v) is 42.2. The molecule has 0 spiro atoms. The predicted molar refractivity (Wildman–Crippen MR) is 422 cm³/mol. The van der Waals surface area contributed by atoms with Gasteiger partial charge in [-0.25, -0.2) is 4.57 Å². The van der Waals surface area contributed by atoms with Gasteiger partial charge < -0.3 is 20.1 Å². The van der Waals surface area contributed by atoms with E-state index in [4.69, 9.17) is 24.3 Å². The summed E-state index contributed by atoms with van der Waals surface area (Å²) in [5, 5.41) is 0. The van der Waals surface area contributed by atoms with Crippen LogP contribution in [0.15, 0.2) is 134 Å². The maximum atomic E-state index is 12.8. The van der Waals surface area contributed by atoms with Crippen molar-refractivity contribution in [2.75, 3.05) is 26.4 Å². The fraction of sp³-hybridized carbons (Fsp3) is 0.724. The number of carbonyl (C=O) groups is 2.